The van der Waals surface area contributed by atoms with E-state index in [0.29, 0.717) is 41.1 Å². The van der Waals surface area contributed by atoms with E-state index >= 15 is 0 Å². The molecule has 1 saturated carbocycles. The number of ether oxygens (including phenoxy) is 1. The van der Waals surface area contributed by atoms with Crippen molar-refractivity contribution in [3.8, 4) is 0 Å². The van der Waals surface area contributed by atoms with Gasteiger partial charge in [-0.2, -0.15) is 4.98 Å². The van der Waals surface area contributed by atoms with Crippen LogP contribution in [0.3, 0.4) is 0 Å². The Labute approximate surface area is 234 Å². The number of rotatable bonds is 9. The van der Waals surface area contributed by atoms with Crippen LogP contribution >= 0.6 is 23.2 Å². The molecule has 3 aliphatic rings. The van der Waals surface area contributed by atoms with Crippen LogP contribution in [0.1, 0.15) is 62.4 Å². The van der Waals surface area contributed by atoms with E-state index in [9.17, 15) is 9.18 Å². The minimum atomic E-state index is -0.758. The summed E-state index contributed by atoms with van der Waals surface area (Å²) in [5, 5.41) is 4.20. The van der Waals surface area contributed by atoms with Crippen LogP contribution in [-0.4, -0.2) is 59.2 Å². The average molecular weight is 565 g/mol. The number of nitrogens with one attached hydrogen (secondary N) is 1. The number of nitrogens with zero attached hydrogens (tertiary/aromatic N) is 4. The molecule has 1 aromatic heterocycles. The van der Waals surface area contributed by atoms with E-state index < -0.39 is 6.67 Å². The Morgan fingerprint density at radius 1 is 1.24 bits per heavy atom. The predicted molar refractivity (Wildman–Crippen MR) is 149 cm³/mol. The summed E-state index contributed by atoms with van der Waals surface area (Å²) >= 11 is 13.0. The van der Waals surface area contributed by atoms with Gasteiger partial charge in [-0.3, -0.25) is 9.69 Å². The lowest BCUT2D eigenvalue weighted by molar-refractivity contribution is -0.160. The summed E-state index contributed by atoms with van der Waals surface area (Å²) in [6.07, 6.45) is 4.20. The number of anilines is 2. The zero-order valence-corrected chi connectivity index (χ0v) is 23.7. The summed E-state index contributed by atoms with van der Waals surface area (Å²) < 4.78 is 19.1. The standard InChI is InChI=1S/C28H36Cl2FN5O2/c1-17-6-7-22(23(29)9-17)18(2)32-26-25(30)24(12-31)33-27(34-26)36-14-20(15-36)19-5-4-8-35(13-19)21-10-28(3,11-21)38-16-37/h6-7,9,16,18-21H,4-5,8,10-15H2,1-3H3,(H,32,33,34). The molecule has 2 aliphatic heterocycles. The second-order valence-corrected chi connectivity index (χ2v) is 12.2. The first-order valence-corrected chi connectivity index (χ1v) is 14.2. The van der Waals surface area contributed by atoms with Crippen molar-refractivity contribution in [2.75, 3.05) is 36.4 Å². The van der Waals surface area contributed by atoms with Gasteiger partial charge in [0, 0.05) is 43.5 Å². The molecule has 2 aromatic rings. The van der Waals surface area contributed by atoms with E-state index in [0.717, 1.165) is 50.1 Å². The van der Waals surface area contributed by atoms with Crippen molar-refractivity contribution >= 4 is 41.4 Å². The zero-order chi connectivity index (χ0) is 27.0. The molecule has 2 unspecified atom stereocenters. The number of alkyl halides is 1. The van der Waals surface area contributed by atoms with Crippen molar-refractivity contribution in [2.24, 2.45) is 11.8 Å². The summed E-state index contributed by atoms with van der Waals surface area (Å²) in [4.78, 5) is 24.6. The minimum Gasteiger partial charge on any atom is -0.461 e. The number of hydrogen-bond acceptors (Lipinski definition) is 7. The highest BCUT2D eigenvalue weighted by molar-refractivity contribution is 6.33. The fourth-order valence-electron chi connectivity index (χ4n) is 6.21. The maximum absolute atomic E-state index is 13.9. The van der Waals surface area contributed by atoms with Gasteiger partial charge in [0.1, 0.15) is 17.3 Å². The molecule has 0 amide bonds. The molecule has 3 heterocycles. The Hall–Kier alpha value is -2.16. The number of carbonyl (C=O) groups is 1. The lowest BCUT2D eigenvalue weighted by atomic mass is 9.73. The summed E-state index contributed by atoms with van der Waals surface area (Å²) in [7, 11) is 0. The third kappa shape index (κ3) is 5.58. The first kappa shape index (κ1) is 27.4. The van der Waals surface area contributed by atoms with E-state index in [1.165, 1.54) is 12.8 Å². The van der Waals surface area contributed by atoms with Crippen LogP contribution in [0.5, 0.6) is 0 Å². The fourth-order valence-corrected chi connectivity index (χ4v) is 6.80. The highest BCUT2D eigenvalue weighted by Crippen LogP contribution is 2.42. The maximum atomic E-state index is 13.9. The summed E-state index contributed by atoms with van der Waals surface area (Å²) in [6.45, 7) is 9.67. The first-order valence-electron chi connectivity index (χ1n) is 13.4. The van der Waals surface area contributed by atoms with E-state index in [2.05, 4.69) is 20.1 Å². The van der Waals surface area contributed by atoms with Crippen LogP contribution in [0.25, 0.3) is 0 Å². The Kier molecular flexibility index (Phi) is 8.04. The largest absolute Gasteiger partial charge is 0.461 e. The molecule has 1 aromatic carbocycles. The summed E-state index contributed by atoms with van der Waals surface area (Å²) in [5.74, 6) is 2.08. The monoisotopic (exact) mass is 563 g/mol. The highest BCUT2D eigenvalue weighted by atomic mass is 35.5. The van der Waals surface area contributed by atoms with Crippen LogP contribution in [0, 0.1) is 18.8 Å². The van der Waals surface area contributed by atoms with Gasteiger partial charge in [-0.05, 0) is 69.2 Å². The van der Waals surface area contributed by atoms with Crippen molar-refractivity contribution in [3.05, 3.63) is 45.1 Å². The van der Waals surface area contributed by atoms with Crippen molar-refractivity contribution in [2.45, 2.75) is 70.8 Å². The molecule has 0 spiro atoms. The second kappa shape index (κ2) is 11.1. The third-order valence-electron chi connectivity index (χ3n) is 8.54. The van der Waals surface area contributed by atoms with Crippen LogP contribution in [0.15, 0.2) is 18.2 Å². The molecule has 206 valence electrons. The summed E-state index contributed by atoms with van der Waals surface area (Å²) in [5.41, 5.74) is 1.89. The number of aryl methyl sites for hydroxylation is 1. The van der Waals surface area contributed by atoms with Gasteiger partial charge in [-0.15, -0.1) is 0 Å². The van der Waals surface area contributed by atoms with Gasteiger partial charge in [0.05, 0.1) is 11.7 Å². The van der Waals surface area contributed by atoms with Gasteiger partial charge in [0.15, 0.2) is 5.82 Å². The minimum absolute atomic E-state index is 0.168. The SMILES string of the molecule is Cc1ccc(C(C)Nc2nc(N3CC(C4CCCN(C5CC(C)(OC=O)C5)C4)C3)nc(CF)c2Cl)c(Cl)c1. The number of hydrogen-bond donors (Lipinski definition) is 1. The number of benzene rings is 1. The quantitative estimate of drug-likeness (QED) is 0.376. The highest BCUT2D eigenvalue weighted by Gasteiger charge is 2.47. The van der Waals surface area contributed by atoms with Crippen molar-refractivity contribution in [1.82, 2.24) is 14.9 Å². The van der Waals surface area contributed by atoms with Crippen molar-refractivity contribution in [1.29, 1.82) is 0 Å². The molecule has 10 heteroatoms. The van der Waals surface area contributed by atoms with E-state index in [1.54, 1.807) is 0 Å². The van der Waals surface area contributed by atoms with Crippen LogP contribution < -0.4 is 10.2 Å². The van der Waals surface area contributed by atoms with Gasteiger partial charge in [0.25, 0.3) is 6.47 Å². The molecule has 2 atom stereocenters. The second-order valence-electron chi connectivity index (χ2n) is 11.4. The maximum Gasteiger partial charge on any atom is 0.293 e. The van der Waals surface area contributed by atoms with Crippen LogP contribution in [0.4, 0.5) is 16.2 Å². The Balaban J connectivity index is 1.22. The molecule has 0 bridgehead atoms. The van der Waals surface area contributed by atoms with Gasteiger partial charge in [0.2, 0.25) is 5.95 Å². The lowest BCUT2D eigenvalue weighted by Crippen LogP contribution is -2.59. The number of likely N-dealkylation sites (tertiary alicyclic amines) is 1. The smallest absolute Gasteiger partial charge is 0.293 e. The number of halogens is 3. The normalized spacial score (nSPS) is 26.8. The third-order valence-corrected chi connectivity index (χ3v) is 9.27. The molecule has 0 radical (unpaired) electrons. The molecule has 1 N–H and O–H groups in total. The molecule has 7 nitrogen and oxygen atoms in total. The predicted octanol–water partition coefficient (Wildman–Crippen LogP) is 5.98. The Morgan fingerprint density at radius 3 is 2.68 bits per heavy atom. The first-order chi connectivity index (χ1) is 18.2. The van der Waals surface area contributed by atoms with Crippen molar-refractivity contribution in [3.63, 3.8) is 0 Å². The molecular weight excluding hydrogens is 528 g/mol. The van der Waals surface area contributed by atoms with Crippen LogP contribution in [0.2, 0.25) is 10.0 Å². The Morgan fingerprint density at radius 2 is 2.00 bits per heavy atom. The van der Waals surface area contributed by atoms with E-state index in [-0.39, 0.29) is 22.4 Å². The van der Waals surface area contributed by atoms with E-state index in [4.69, 9.17) is 32.9 Å². The molecule has 1 aliphatic carbocycles. The summed E-state index contributed by atoms with van der Waals surface area (Å²) in [6, 6.07) is 6.23. The van der Waals surface area contributed by atoms with Gasteiger partial charge >= 0.3 is 0 Å². The fraction of sp³-hybridized carbons (Fsp3) is 0.607. The molecular formula is C28H36Cl2FN5O2. The lowest BCUT2D eigenvalue weighted by Gasteiger charge is -2.52. The number of aromatic nitrogens is 2. The molecule has 2 saturated heterocycles. The zero-order valence-electron chi connectivity index (χ0n) is 22.2. The van der Waals surface area contributed by atoms with Gasteiger partial charge < -0.3 is 15.0 Å². The van der Waals surface area contributed by atoms with E-state index in [1.807, 2.05) is 39.0 Å². The van der Waals surface area contributed by atoms with Crippen LogP contribution in [-0.2, 0) is 16.2 Å². The number of carbonyl (C=O) groups excluding carboxylic acids is 1. The Bertz CT molecular complexity index is 1170. The van der Waals surface area contributed by atoms with Crippen molar-refractivity contribution < 1.29 is 13.9 Å². The van der Waals surface area contributed by atoms with Gasteiger partial charge in [-0.1, -0.05) is 35.3 Å². The number of piperidine rings is 1. The topological polar surface area (TPSA) is 70.6 Å². The molecule has 5 rings (SSSR count). The van der Waals surface area contributed by atoms with Gasteiger partial charge in [-0.25, -0.2) is 9.37 Å². The molecule has 38 heavy (non-hydrogen) atoms. The average Bonchev–Trinajstić information content (AvgIpc) is 2.83. The molecule has 3 fully saturated rings.